The summed E-state index contributed by atoms with van der Waals surface area (Å²) in [6.45, 7) is 2.21. The highest BCUT2D eigenvalue weighted by Gasteiger charge is 2.45. The van der Waals surface area contributed by atoms with Crippen LogP contribution in [0.25, 0.3) is 0 Å². The first-order valence-corrected chi connectivity index (χ1v) is 6.74. The number of methoxy groups -OCH3 is 1. The number of hydrogen-bond acceptors (Lipinski definition) is 5. The monoisotopic (exact) mass is 255 g/mol. The molecule has 0 spiro atoms. The molecule has 5 heteroatoms. The Morgan fingerprint density at radius 2 is 2.17 bits per heavy atom. The lowest BCUT2D eigenvalue weighted by molar-refractivity contribution is -0.146. The molecule has 3 unspecified atom stereocenters. The van der Waals surface area contributed by atoms with E-state index in [1.165, 1.54) is 13.5 Å². The van der Waals surface area contributed by atoms with Gasteiger partial charge in [-0.25, -0.2) is 0 Å². The standard InChI is InChI=1S/C13H25N3O2/c1-15(2)11-5-7-16(9-11)10-4-6-13(14,8-10)12(17)18-3/h10-11H,4-9,14H2,1-3H3. The van der Waals surface area contributed by atoms with Crippen molar-refractivity contribution in [3.63, 3.8) is 0 Å². The normalized spacial score (nSPS) is 37.4. The molecule has 2 fully saturated rings. The van der Waals surface area contributed by atoms with Crippen LogP contribution in [-0.2, 0) is 9.53 Å². The topological polar surface area (TPSA) is 58.8 Å². The molecule has 2 N–H and O–H groups in total. The van der Waals surface area contributed by atoms with E-state index in [0.29, 0.717) is 12.1 Å². The predicted molar refractivity (Wildman–Crippen MR) is 70.2 cm³/mol. The number of likely N-dealkylation sites (N-methyl/N-ethyl adjacent to an activating group) is 1. The molecule has 3 atom stereocenters. The summed E-state index contributed by atoms with van der Waals surface area (Å²) in [6, 6.07) is 1.08. The molecule has 1 aliphatic carbocycles. The number of nitrogens with two attached hydrogens (primary N) is 1. The lowest BCUT2D eigenvalue weighted by Crippen LogP contribution is -2.48. The van der Waals surface area contributed by atoms with Gasteiger partial charge in [-0.15, -0.1) is 0 Å². The Hall–Kier alpha value is -0.650. The van der Waals surface area contributed by atoms with Crippen LogP contribution in [0.5, 0.6) is 0 Å². The molecular weight excluding hydrogens is 230 g/mol. The molecule has 0 radical (unpaired) electrons. The molecule has 1 saturated heterocycles. The second-order valence-corrected chi connectivity index (χ2v) is 5.95. The fourth-order valence-corrected chi connectivity index (χ4v) is 3.27. The van der Waals surface area contributed by atoms with Gasteiger partial charge in [0.15, 0.2) is 0 Å². The minimum Gasteiger partial charge on any atom is -0.468 e. The minimum atomic E-state index is -0.754. The lowest BCUT2D eigenvalue weighted by Gasteiger charge is -2.27. The molecule has 18 heavy (non-hydrogen) atoms. The number of ether oxygens (including phenoxy) is 1. The summed E-state index contributed by atoms with van der Waals surface area (Å²) in [5, 5.41) is 0. The molecule has 1 heterocycles. The quantitative estimate of drug-likeness (QED) is 0.722. The van der Waals surface area contributed by atoms with Crippen molar-refractivity contribution in [2.75, 3.05) is 34.3 Å². The Kier molecular flexibility index (Phi) is 3.94. The molecule has 0 aromatic rings. The van der Waals surface area contributed by atoms with Gasteiger partial charge in [-0.05, 0) is 39.8 Å². The average Bonchev–Trinajstić information content (AvgIpc) is 2.95. The van der Waals surface area contributed by atoms with Crippen LogP contribution in [0, 0.1) is 0 Å². The van der Waals surface area contributed by atoms with Crippen LogP contribution in [0.3, 0.4) is 0 Å². The van der Waals surface area contributed by atoms with Gasteiger partial charge < -0.3 is 15.4 Å². The SMILES string of the molecule is COC(=O)C1(N)CCC(N2CCC(N(C)C)C2)C1. The maximum Gasteiger partial charge on any atom is 0.325 e. The molecule has 0 aromatic carbocycles. The molecule has 1 aliphatic heterocycles. The number of carbonyl (C=O) groups excluding carboxylic acids is 1. The summed E-state index contributed by atoms with van der Waals surface area (Å²) >= 11 is 0. The van der Waals surface area contributed by atoms with Crippen LogP contribution in [0.15, 0.2) is 0 Å². The van der Waals surface area contributed by atoms with Gasteiger partial charge in [0.05, 0.1) is 7.11 Å². The van der Waals surface area contributed by atoms with E-state index in [1.807, 2.05) is 0 Å². The van der Waals surface area contributed by atoms with E-state index in [4.69, 9.17) is 10.5 Å². The largest absolute Gasteiger partial charge is 0.468 e. The maximum atomic E-state index is 11.7. The van der Waals surface area contributed by atoms with E-state index in [2.05, 4.69) is 23.9 Å². The summed E-state index contributed by atoms with van der Waals surface area (Å²) in [5.41, 5.74) is 5.40. The van der Waals surface area contributed by atoms with Crippen molar-refractivity contribution < 1.29 is 9.53 Å². The summed E-state index contributed by atoms with van der Waals surface area (Å²) in [7, 11) is 5.68. The van der Waals surface area contributed by atoms with Crippen molar-refractivity contribution in [1.82, 2.24) is 9.80 Å². The van der Waals surface area contributed by atoms with Gasteiger partial charge in [-0.2, -0.15) is 0 Å². The van der Waals surface area contributed by atoms with E-state index < -0.39 is 5.54 Å². The first kappa shape index (κ1) is 13.8. The van der Waals surface area contributed by atoms with Crippen LogP contribution in [0.1, 0.15) is 25.7 Å². The van der Waals surface area contributed by atoms with Crippen molar-refractivity contribution in [2.24, 2.45) is 5.73 Å². The van der Waals surface area contributed by atoms with E-state index in [9.17, 15) is 4.79 Å². The van der Waals surface area contributed by atoms with Gasteiger partial charge >= 0.3 is 5.97 Å². The fourth-order valence-electron chi connectivity index (χ4n) is 3.27. The van der Waals surface area contributed by atoms with Crippen LogP contribution < -0.4 is 5.73 Å². The summed E-state index contributed by atoms with van der Waals surface area (Å²) in [4.78, 5) is 16.5. The average molecular weight is 255 g/mol. The highest BCUT2D eigenvalue weighted by molar-refractivity contribution is 5.81. The van der Waals surface area contributed by atoms with E-state index in [0.717, 1.165) is 32.4 Å². The van der Waals surface area contributed by atoms with Gasteiger partial charge in [0.25, 0.3) is 0 Å². The molecule has 2 aliphatic rings. The Bertz CT molecular complexity index is 321. The third-order valence-corrected chi connectivity index (χ3v) is 4.56. The van der Waals surface area contributed by atoms with E-state index >= 15 is 0 Å². The number of esters is 1. The summed E-state index contributed by atoms with van der Waals surface area (Å²) in [6.07, 6.45) is 3.69. The molecular formula is C13H25N3O2. The second kappa shape index (κ2) is 5.15. The Morgan fingerprint density at radius 1 is 1.44 bits per heavy atom. The summed E-state index contributed by atoms with van der Waals surface area (Å²) in [5.74, 6) is -0.256. The first-order valence-electron chi connectivity index (χ1n) is 6.74. The number of hydrogen-bond donors (Lipinski definition) is 1. The third kappa shape index (κ3) is 2.53. The first-order chi connectivity index (χ1) is 8.46. The van der Waals surface area contributed by atoms with Crippen molar-refractivity contribution in [2.45, 2.75) is 43.3 Å². The Labute approximate surface area is 109 Å². The maximum absolute atomic E-state index is 11.7. The molecule has 0 aromatic heterocycles. The molecule has 0 amide bonds. The van der Waals surface area contributed by atoms with Gasteiger partial charge in [0, 0.05) is 25.2 Å². The zero-order valence-electron chi connectivity index (χ0n) is 11.7. The lowest BCUT2D eigenvalue weighted by atomic mass is 9.99. The molecule has 5 nitrogen and oxygen atoms in total. The highest BCUT2D eigenvalue weighted by Crippen LogP contribution is 2.34. The molecule has 0 bridgehead atoms. The smallest absolute Gasteiger partial charge is 0.325 e. The number of carbonyl (C=O) groups is 1. The van der Waals surface area contributed by atoms with Gasteiger partial charge in [0.1, 0.15) is 5.54 Å². The number of rotatable bonds is 3. The molecule has 2 rings (SSSR count). The van der Waals surface area contributed by atoms with E-state index in [-0.39, 0.29) is 5.97 Å². The Morgan fingerprint density at radius 3 is 2.72 bits per heavy atom. The van der Waals surface area contributed by atoms with Crippen LogP contribution in [-0.4, -0.2) is 67.7 Å². The predicted octanol–water partition coefficient (Wildman–Crippen LogP) is 0.0453. The second-order valence-electron chi connectivity index (χ2n) is 5.95. The van der Waals surface area contributed by atoms with Crippen molar-refractivity contribution in [3.8, 4) is 0 Å². The van der Waals surface area contributed by atoms with Crippen LogP contribution >= 0.6 is 0 Å². The van der Waals surface area contributed by atoms with Gasteiger partial charge in [-0.3, -0.25) is 9.69 Å². The van der Waals surface area contributed by atoms with Crippen LogP contribution in [0.2, 0.25) is 0 Å². The number of nitrogens with zero attached hydrogens (tertiary/aromatic N) is 2. The van der Waals surface area contributed by atoms with Crippen molar-refractivity contribution in [1.29, 1.82) is 0 Å². The molecule has 1 saturated carbocycles. The van der Waals surface area contributed by atoms with Crippen LogP contribution in [0.4, 0.5) is 0 Å². The number of likely N-dealkylation sites (tertiary alicyclic amines) is 1. The van der Waals surface area contributed by atoms with Crippen molar-refractivity contribution >= 4 is 5.97 Å². The highest BCUT2D eigenvalue weighted by atomic mass is 16.5. The van der Waals surface area contributed by atoms with Gasteiger partial charge in [-0.1, -0.05) is 0 Å². The fraction of sp³-hybridized carbons (Fsp3) is 0.923. The zero-order chi connectivity index (χ0) is 13.3. The van der Waals surface area contributed by atoms with Crippen molar-refractivity contribution in [3.05, 3.63) is 0 Å². The van der Waals surface area contributed by atoms with Gasteiger partial charge in [0.2, 0.25) is 0 Å². The minimum absolute atomic E-state index is 0.256. The molecule has 104 valence electrons. The zero-order valence-corrected chi connectivity index (χ0v) is 11.7. The van der Waals surface area contributed by atoms with E-state index in [1.54, 1.807) is 0 Å². The summed E-state index contributed by atoms with van der Waals surface area (Å²) < 4.78 is 4.82. The third-order valence-electron chi connectivity index (χ3n) is 4.56. The Balaban J connectivity index is 1.92.